The molecule has 0 bridgehead atoms. The van der Waals surface area contributed by atoms with Gasteiger partial charge in [0.2, 0.25) is 0 Å². The van der Waals surface area contributed by atoms with Crippen LogP contribution in [0.2, 0.25) is 5.02 Å². The van der Waals surface area contributed by atoms with Crippen LogP contribution in [0.5, 0.6) is 0 Å². The fourth-order valence-corrected chi connectivity index (χ4v) is 2.19. The average Bonchev–Trinajstić information content (AvgIpc) is 2.77. The van der Waals surface area contributed by atoms with Crippen LogP contribution in [-0.2, 0) is 0 Å². The third-order valence-corrected chi connectivity index (χ3v) is 3.53. The van der Waals surface area contributed by atoms with Crippen LogP contribution in [0.25, 0.3) is 0 Å². The number of hydrogen-bond donors (Lipinski definition) is 2. The second kappa shape index (κ2) is 5.73. The van der Waals surface area contributed by atoms with Gasteiger partial charge in [0.15, 0.2) is 4.67 Å². The lowest BCUT2D eigenvalue weighted by atomic mass is 10.2. The Bertz CT molecular complexity index is 657. The Balaban J connectivity index is 2.23. The average molecular weight is 360 g/mol. The lowest BCUT2D eigenvalue weighted by Crippen LogP contribution is -2.13. The van der Waals surface area contributed by atoms with Crippen LogP contribution in [-0.4, -0.2) is 10.9 Å². The first-order valence-corrected chi connectivity index (χ1v) is 6.70. The number of carbonyl (C=O) groups excluding carboxylic acids is 1. The summed E-state index contributed by atoms with van der Waals surface area (Å²) in [5, 5.41) is 3.03. The molecular weight excluding hydrogens is 352 g/mol. The number of benzene rings is 1. The fraction of sp³-hybridized carbons (Fsp3) is 0. The summed E-state index contributed by atoms with van der Waals surface area (Å²) in [6.07, 6.45) is 1.41. The second-order valence-corrected chi connectivity index (χ2v) is 5.19. The summed E-state index contributed by atoms with van der Waals surface area (Å²) >= 11 is 14.0. The molecule has 0 saturated heterocycles. The molecule has 98 valence electrons. The predicted octanol–water partition coefficient (Wildman–Crippen LogP) is 3.58. The number of thiocarbonyl (C=S) groups is 1. The first-order chi connectivity index (χ1) is 8.99. The van der Waals surface area contributed by atoms with Gasteiger partial charge < -0.3 is 15.5 Å². The van der Waals surface area contributed by atoms with Gasteiger partial charge in [0, 0.05) is 5.56 Å². The lowest BCUT2D eigenvalue weighted by molar-refractivity contribution is 0.102. The van der Waals surface area contributed by atoms with Crippen LogP contribution in [0.3, 0.4) is 0 Å². The number of rotatable bonds is 3. The fourth-order valence-electron chi connectivity index (χ4n) is 1.42. The van der Waals surface area contributed by atoms with Gasteiger partial charge in [-0.3, -0.25) is 4.79 Å². The van der Waals surface area contributed by atoms with Crippen LogP contribution in [0.4, 0.5) is 5.69 Å². The van der Waals surface area contributed by atoms with Crippen LogP contribution >= 0.6 is 39.7 Å². The van der Waals surface area contributed by atoms with Crippen molar-refractivity contribution in [2.75, 3.05) is 5.32 Å². The number of halogens is 2. The SMILES string of the molecule is NC(=S)c1ccc(NC(=O)c2ccoc2Br)c(Cl)c1. The molecule has 0 saturated carbocycles. The van der Waals surface area contributed by atoms with Crippen LogP contribution in [0, 0.1) is 0 Å². The van der Waals surface area contributed by atoms with Crippen LogP contribution in [0.15, 0.2) is 39.6 Å². The van der Waals surface area contributed by atoms with Crippen molar-refractivity contribution in [3.63, 3.8) is 0 Å². The highest BCUT2D eigenvalue weighted by Crippen LogP contribution is 2.25. The van der Waals surface area contributed by atoms with E-state index < -0.39 is 0 Å². The number of anilines is 1. The summed E-state index contributed by atoms with van der Waals surface area (Å²) in [6.45, 7) is 0. The Hall–Kier alpha value is -1.37. The van der Waals surface area contributed by atoms with Gasteiger partial charge in [-0.1, -0.05) is 23.8 Å². The Morgan fingerprint density at radius 3 is 2.68 bits per heavy atom. The largest absolute Gasteiger partial charge is 0.457 e. The number of amides is 1. The van der Waals surface area contributed by atoms with Crippen molar-refractivity contribution in [3.8, 4) is 0 Å². The number of nitrogens with two attached hydrogens (primary N) is 1. The zero-order valence-electron chi connectivity index (χ0n) is 9.44. The molecule has 19 heavy (non-hydrogen) atoms. The number of furan rings is 1. The molecule has 1 aromatic carbocycles. The topological polar surface area (TPSA) is 68.3 Å². The predicted molar refractivity (Wildman–Crippen MR) is 81.7 cm³/mol. The van der Waals surface area contributed by atoms with Crippen LogP contribution < -0.4 is 11.1 Å². The number of carbonyl (C=O) groups is 1. The molecule has 7 heteroatoms. The van der Waals surface area contributed by atoms with Crippen LogP contribution in [0.1, 0.15) is 15.9 Å². The normalized spacial score (nSPS) is 10.2. The minimum absolute atomic E-state index is 0.248. The second-order valence-electron chi connectivity index (χ2n) is 3.62. The zero-order valence-corrected chi connectivity index (χ0v) is 12.6. The van der Waals surface area contributed by atoms with E-state index >= 15 is 0 Å². The first kappa shape index (κ1) is 14.0. The van der Waals surface area contributed by atoms with Gasteiger partial charge in [-0.2, -0.15) is 0 Å². The van der Waals surface area contributed by atoms with Crippen molar-refractivity contribution < 1.29 is 9.21 Å². The quantitative estimate of drug-likeness (QED) is 0.822. The van der Waals surface area contributed by atoms with E-state index in [2.05, 4.69) is 21.2 Å². The van der Waals surface area contributed by atoms with Crippen molar-refractivity contribution in [1.29, 1.82) is 0 Å². The summed E-state index contributed by atoms with van der Waals surface area (Å²) in [7, 11) is 0. The summed E-state index contributed by atoms with van der Waals surface area (Å²) in [6, 6.07) is 6.48. The standard InChI is InChI=1S/C12H8BrClN2O2S/c13-10-7(3-4-18-10)12(17)16-9-2-1-6(11(15)19)5-8(9)14/h1-5H,(H2,15,19)(H,16,17). The van der Waals surface area contributed by atoms with E-state index in [1.807, 2.05) is 0 Å². The van der Waals surface area contributed by atoms with Crippen molar-refractivity contribution in [2.24, 2.45) is 5.73 Å². The highest BCUT2D eigenvalue weighted by Gasteiger charge is 2.14. The molecule has 1 heterocycles. The molecule has 0 aliphatic rings. The van der Waals surface area contributed by atoms with Crippen molar-refractivity contribution in [3.05, 3.63) is 51.3 Å². The molecule has 0 radical (unpaired) electrons. The number of hydrogen-bond acceptors (Lipinski definition) is 3. The van der Waals surface area contributed by atoms with E-state index in [-0.39, 0.29) is 10.9 Å². The highest BCUT2D eigenvalue weighted by atomic mass is 79.9. The molecule has 0 spiro atoms. The Morgan fingerprint density at radius 1 is 1.42 bits per heavy atom. The smallest absolute Gasteiger partial charge is 0.260 e. The van der Waals surface area contributed by atoms with Gasteiger partial charge in [0.1, 0.15) is 4.99 Å². The molecule has 0 atom stereocenters. The maximum absolute atomic E-state index is 12.0. The summed E-state index contributed by atoms with van der Waals surface area (Å²) < 4.78 is 5.36. The Kier molecular flexibility index (Phi) is 4.24. The minimum atomic E-state index is -0.328. The van der Waals surface area contributed by atoms with Gasteiger partial charge in [0.25, 0.3) is 5.91 Å². The van der Waals surface area contributed by atoms with Gasteiger partial charge in [-0.25, -0.2) is 0 Å². The molecular formula is C12H8BrClN2O2S. The third kappa shape index (κ3) is 3.15. The molecule has 0 aliphatic carbocycles. The van der Waals surface area contributed by atoms with Gasteiger partial charge in [-0.15, -0.1) is 0 Å². The monoisotopic (exact) mass is 358 g/mol. The highest BCUT2D eigenvalue weighted by molar-refractivity contribution is 9.10. The van der Waals surface area contributed by atoms with E-state index in [1.54, 1.807) is 24.3 Å². The molecule has 1 amide bonds. The third-order valence-electron chi connectivity index (χ3n) is 2.36. The van der Waals surface area contributed by atoms with Crippen molar-refractivity contribution >= 4 is 56.3 Å². The van der Waals surface area contributed by atoms with Crippen molar-refractivity contribution in [2.45, 2.75) is 0 Å². The van der Waals surface area contributed by atoms with E-state index in [4.69, 9.17) is 34.0 Å². The minimum Gasteiger partial charge on any atom is -0.457 e. The molecule has 3 N–H and O–H groups in total. The molecule has 2 aromatic rings. The molecule has 0 fully saturated rings. The molecule has 0 aliphatic heterocycles. The molecule has 1 aromatic heterocycles. The van der Waals surface area contributed by atoms with E-state index in [0.717, 1.165) is 0 Å². The van der Waals surface area contributed by atoms with Crippen molar-refractivity contribution in [1.82, 2.24) is 0 Å². The number of nitrogens with one attached hydrogen (secondary N) is 1. The first-order valence-electron chi connectivity index (χ1n) is 5.12. The summed E-state index contributed by atoms with van der Waals surface area (Å²) in [4.78, 5) is 12.2. The van der Waals surface area contributed by atoms with E-state index in [0.29, 0.717) is 26.5 Å². The lowest BCUT2D eigenvalue weighted by Gasteiger charge is -2.08. The zero-order chi connectivity index (χ0) is 14.0. The molecule has 0 unspecified atom stereocenters. The maximum Gasteiger partial charge on any atom is 0.260 e. The van der Waals surface area contributed by atoms with Gasteiger partial charge >= 0.3 is 0 Å². The molecule has 2 rings (SSSR count). The summed E-state index contributed by atoms with van der Waals surface area (Å²) in [5.41, 5.74) is 6.99. The Labute approximate surface area is 128 Å². The summed E-state index contributed by atoms with van der Waals surface area (Å²) in [5.74, 6) is -0.328. The van der Waals surface area contributed by atoms with Gasteiger partial charge in [0.05, 0.1) is 22.5 Å². The van der Waals surface area contributed by atoms with E-state index in [1.165, 1.54) is 6.26 Å². The van der Waals surface area contributed by atoms with E-state index in [9.17, 15) is 4.79 Å². The Morgan fingerprint density at radius 2 is 2.16 bits per heavy atom. The molecule has 4 nitrogen and oxygen atoms in total. The van der Waals surface area contributed by atoms with Gasteiger partial charge in [-0.05, 0) is 40.2 Å². The maximum atomic E-state index is 12.0.